The Morgan fingerprint density at radius 2 is 2.00 bits per heavy atom. The minimum Gasteiger partial charge on any atom is -0.396 e. The van der Waals surface area contributed by atoms with Crippen LogP contribution in [0.3, 0.4) is 0 Å². The van der Waals surface area contributed by atoms with Crippen LogP contribution in [0, 0.1) is 6.92 Å². The number of rotatable bonds is 7. The molecule has 0 aliphatic carbocycles. The fraction of sp³-hybridized carbons (Fsp3) is 0.632. The molecular formula is C19H32N4O2. The minimum absolute atomic E-state index is 0.0431. The molecule has 1 aliphatic heterocycles. The molecule has 0 aromatic heterocycles. The quantitative estimate of drug-likeness (QED) is 0.708. The van der Waals surface area contributed by atoms with Gasteiger partial charge < -0.3 is 25.5 Å². The number of nitrogens with one attached hydrogen (secondary N) is 2. The summed E-state index contributed by atoms with van der Waals surface area (Å²) in [5.41, 5.74) is 3.12. The third-order valence-electron chi connectivity index (χ3n) is 4.82. The number of hydrogen-bond acceptors (Lipinski definition) is 4. The summed E-state index contributed by atoms with van der Waals surface area (Å²) in [5.74, 6) is 0. The first kappa shape index (κ1) is 19.5. The number of likely N-dealkylation sites (N-methyl/N-ethyl adjacent to an activating group) is 1. The number of benzene rings is 1. The average Bonchev–Trinajstić information content (AvgIpc) is 2.61. The van der Waals surface area contributed by atoms with E-state index in [4.69, 9.17) is 5.11 Å². The lowest BCUT2D eigenvalue weighted by atomic mass is 10.1. The highest BCUT2D eigenvalue weighted by atomic mass is 16.3. The number of nitrogens with zero attached hydrogens (tertiary/aromatic N) is 2. The lowest BCUT2D eigenvalue weighted by Gasteiger charge is -2.35. The van der Waals surface area contributed by atoms with E-state index in [1.807, 2.05) is 19.9 Å². The standard InChI is InChI=1S/C19H32N4O2/c1-4-22-9-11-23(12-10-22)17-7-8-18(15(2)14-17)21-19(25)20-16(3)6-5-13-24/h7-8,14,16,24H,4-6,9-13H2,1-3H3,(H2,20,21,25). The van der Waals surface area contributed by atoms with E-state index < -0.39 is 0 Å². The number of piperazine rings is 1. The predicted octanol–water partition coefficient (Wildman–Crippen LogP) is 2.42. The van der Waals surface area contributed by atoms with Crippen molar-refractivity contribution in [3.05, 3.63) is 23.8 Å². The van der Waals surface area contributed by atoms with E-state index in [0.29, 0.717) is 6.42 Å². The third-order valence-corrected chi connectivity index (χ3v) is 4.82. The van der Waals surface area contributed by atoms with Gasteiger partial charge in [0.15, 0.2) is 0 Å². The second-order valence-corrected chi connectivity index (χ2v) is 6.79. The molecule has 6 nitrogen and oxygen atoms in total. The highest BCUT2D eigenvalue weighted by molar-refractivity contribution is 5.90. The molecule has 0 spiro atoms. The molecule has 1 fully saturated rings. The molecule has 6 heteroatoms. The Morgan fingerprint density at radius 1 is 1.28 bits per heavy atom. The summed E-state index contributed by atoms with van der Waals surface area (Å²) in [6, 6.07) is 6.06. The molecule has 0 radical (unpaired) electrons. The number of aliphatic hydroxyl groups excluding tert-OH is 1. The number of urea groups is 1. The van der Waals surface area contributed by atoms with Crippen molar-refractivity contribution in [2.75, 3.05) is 49.5 Å². The van der Waals surface area contributed by atoms with Crippen molar-refractivity contribution in [2.24, 2.45) is 0 Å². The zero-order chi connectivity index (χ0) is 18.2. The SMILES string of the molecule is CCN1CCN(c2ccc(NC(=O)NC(C)CCCO)c(C)c2)CC1. The van der Waals surface area contributed by atoms with E-state index in [2.05, 4.69) is 39.5 Å². The summed E-state index contributed by atoms with van der Waals surface area (Å²) in [4.78, 5) is 17.0. The second-order valence-electron chi connectivity index (χ2n) is 6.79. The van der Waals surface area contributed by atoms with Gasteiger partial charge in [0.25, 0.3) is 0 Å². The van der Waals surface area contributed by atoms with E-state index in [1.54, 1.807) is 0 Å². The monoisotopic (exact) mass is 348 g/mol. The lowest BCUT2D eigenvalue weighted by Crippen LogP contribution is -2.46. The number of amides is 2. The van der Waals surface area contributed by atoms with E-state index in [0.717, 1.165) is 50.4 Å². The third kappa shape index (κ3) is 5.90. The molecule has 1 unspecified atom stereocenters. The highest BCUT2D eigenvalue weighted by Gasteiger charge is 2.16. The second kappa shape index (κ2) is 9.63. The molecule has 1 aliphatic rings. The van der Waals surface area contributed by atoms with Crippen molar-refractivity contribution in [1.29, 1.82) is 0 Å². The topological polar surface area (TPSA) is 67.8 Å². The Kier molecular flexibility index (Phi) is 7.52. The van der Waals surface area contributed by atoms with Crippen LogP contribution in [0.1, 0.15) is 32.3 Å². The van der Waals surface area contributed by atoms with Crippen molar-refractivity contribution < 1.29 is 9.90 Å². The number of anilines is 2. The zero-order valence-electron chi connectivity index (χ0n) is 15.7. The zero-order valence-corrected chi connectivity index (χ0v) is 15.7. The van der Waals surface area contributed by atoms with Gasteiger partial charge in [0.2, 0.25) is 0 Å². The van der Waals surface area contributed by atoms with Crippen LogP contribution in [-0.2, 0) is 0 Å². The molecule has 1 heterocycles. The highest BCUT2D eigenvalue weighted by Crippen LogP contribution is 2.23. The van der Waals surface area contributed by atoms with Gasteiger partial charge in [-0.2, -0.15) is 0 Å². The van der Waals surface area contributed by atoms with Crippen LogP contribution in [0.5, 0.6) is 0 Å². The van der Waals surface area contributed by atoms with E-state index in [1.165, 1.54) is 5.69 Å². The summed E-state index contributed by atoms with van der Waals surface area (Å²) < 4.78 is 0. The summed E-state index contributed by atoms with van der Waals surface area (Å²) in [7, 11) is 0. The van der Waals surface area contributed by atoms with Crippen molar-refractivity contribution in [2.45, 2.75) is 39.7 Å². The van der Waals surface area contributed by atoms with Crippen LogP contribution in [0.2, 0.25) is 0 Å². The van der Waals surface area contributed by atoms with Crippen LogP contribution in [0.4, 0.5) is 16.2 Å². The van der Waals surface area contributed by atoms with Gasteiger partial charge in [-0.1, -0.05) is 6.92 Å². The van der Waals surface area contributed by atoms with Crippen LogP contribution in [-0.4, -0.2) is 61.4 Å². The van der Waals surface area contributed by atoms with Crippen LogP contribution in [0.25, 0.3) is 0 Å². The van der Waals surface area contributed by atoms with Crippen molar-refractivity contribution >= 4 is 17.4 Å². The molecule has 0 bridgehead atoms. The number of carbonyl (C=O) groups is 1. The first-order chi connectivity index (χ1) is 12.0. The molecule has 3 N–H and O–H groups in total. The fourth-order valence-corrected chi connectivity index (χ4v) is 3.16. The van der Waals surface area contributed by atoms with Crippen LogP contribution in [0.15, 0.2) is 18.2 Å². The molecule has 2 rings (SSSR count). The Hall–Kier alpha value is -1.79. The molecule has 140 valence electrons. The molecule has 0 saturated carbocycles. The van der Waals surface area contributed by atoms with Gasteiger partial charge in [0.05, 0.1) is 0 Å². The number of hydrogen-bond donors (Lipinski definition) is 3. The van der Waals surface area contributed by atoms with Gasteiger partial charge in [-0.3, -0.25) is 0 Å². The van der Waals surface area contributed by atoms with Gasteiger partial charge in [-0.15, -0.1) is 0 Å². The van der Waals surface area contributed by atoms with E-state index in [-0.39, 0.29) is 18.7 Å². The molecule has 1 aromatic carbocycles. The molecular weight excluding hydrogens is 316 g/mol. The molecule has 1 aromatic rings. The largest absolute Gasteiger partial charge is 0.396 e. The molecule has 1 saturated heterocycles. The maximum atomic E-state index is 12.1. The van der Waals surface area contributed by atoms with E-state index >= 15 is 0 Å². The molecule has 1 atom stereocenters. The molecule has 25 heavy (non-hydrogen) atoms. The van der Waals surface area contributed by atoms with Gasteiger partial charge >= 0.3 is 6.03 Å². The summed E-state index contributed by atoms with van der Waals surface area (Å²) >= 11 is 0. The van der Waals surface area contributed by atoms with Gasteiger partial charge in [0, 0.05) is 50.2 Å². The Bertz CT molecular complexity index is 556. The number of aliphatic hydroxyl groups is 1. The Morgan fingerprint density at radius 3 is 2.60 bits per heavy atom. The average molecular weight is 348 g/mol. The van der Waals surface area contributed by atoms with Crippen LogP contribution < -0.4 is 15.5 Å². The minimum atomic E-state index is -0.196. The lowest BCUT2D eigenvalue weighted by molar-refractivity contribution is 0.245. The van der Waals surface area contributed by atoms with Gasteiger partial charge in [-0.25, -0.2) is 4.79 Å². The normalized spacial score (nSPS) is 16.6. The smallest absolute Gasteiger partial charge is 0.319 e. The fourth-order valence-electron chi connectivity index (χ4n) is 3.16. The van der Waals surface area contributed by atoms with Gasteiger partial charge in [0.1, 0.15) is 0 Å². The first-order valence-electron chi connectivity index (χ1n) is 9.29. The maximum absolute atomic E-state index is 12.1. The summed E-state index contributed by atoms with van der Waals surface area (Å²) in [6.45, 7) is 11.7. The van der Waals surface area contributed by atoms with Gasteiger partial charge in [-0.05, 0) is 57.0 Å². The summed E-state index contributed by atoms with van der Waals surface area (Å²) in [5, 5.41) is 14.7. The first-order valence-corrected chi connectivity index (χ1v) is 9.29. The predicted molar refractivity (Wildman–Crippen MR) is 103 cm³/mol. The van der Waals surface area contributed by atoms with Crippen molar-refractivity contribution in [3.8, 4) is 0 Å². The Labute approximate surface area is 151 Å². The number of carbonyl (C=O) groups excluding carboxylic acids is 1. The van der Waals surface area contributed by atoms with Crippen molar-refractivity contribution in [3.63, 3.8) is 0 Å². The van der Waals surface area contributed by atoms with Crippen LogP contribution >= 0.6 is 0 Å². The van der Waals surface area contributed by atoms with E-state index in [9.17, 15) is 4.79 Å². The maximum Gasteiger partial charge on any atom is 0.319 e. The van der Waals surface area contributed by atoms with Crippen molar-refractivity contribution in [1.82, 2.24) is 10.2 Å². The Balaban J connectivity index is 1.90. The summed E-state index contributed by atoms with van der Waals surface area (Å²) in [6.07, 6.45) is 1.46. The molecule has 2 amide bonds. The number of aryl methyl sites for hydroxylation is 1.